The average molecular weight is 629 g/mol. The Bertz CT molecular complexity index is 814. The van der Waals surface area contributed by atoms with Gasteiger partial charge in [0.2, 0.25) is 0 Å². The van der Waals surface area contributed by atoms with Crippen LogP contribution in [0.2, 0.25) is 0 Å². The molecule has 1 amide bonds. The molecule has 10 heteroatoms. The molecule has 1 rings (SSSR count). The molecule has 1 aromatic rings. The molecule has 0 aliphatic rings. The molecule has 0 saturated heterocycles. The second-order valence-corrected chi connectivity index (χ2v) is 10.9. The van der Waals surface area contributed by atoms with Crippen molar-refractivity contribution in [2.24, 2.45) is 0 Å². The van der Waals surface area contributed by atoms with Crippen LogP contribution in [0.3, 0.4) is 0 Å². The van der Waals surface area contributed by atoms with E-state index in [9.17, 15) is 14.4 Å². The Balaban J connectivity index is 0.0000176. The number of hydrogen-bond acceptors (Lipinski definition) is 7. The Morgan fingerprint density at radius 3 is 1.79 bits per heavy atom. The maximum absolute atomic E-state index is 12.1. The Kier molecular flexibility index (Phi) is 27.8. The zero-order valence-electron chi connectivity index (χ0n) is 26.7. The number of methoxy groups -OCH3 is 1. The van der Waals surface area contributed by atoms with Gasteiger partial charge in [-0.25, -0.2) is 14.2 Å². The van der Waals surface area contributed by atoms with Crippen LogP contribution in [0.4, 0.5) is 9.59 Å². The average Bonchev–Trinajstić information content (AvgIpc) is 3.00. The van der Waals surface area contributed by atoms with Crippen molar-refractivity contribution in [3.63, 3.8) is 0 Å². The van der Waals surface area contributed by atoms with Crippen molar-refractivity contribution < 1.29 is 50.3 Å². The number of rotatable bonds is 26. The van der Waals surface area contributed by atoms with Crippen LogP contribution in [0.5, 0.6) is 0 Å². The predicted molar refractivity (Wildman–Crippen MR) is 163 cm³/mol. The van der Waals surface area contributed by atoms with E-state index in [1.54, 1.807) is 0 Å². The van der Waals surface area contributed by atoms with Gasteiger partial charge in [-0.2, -0.15) is 0 Å². The van der Waals surface area contributed by atoms with E-state index in [2.05, 4.69) is 17.0 Å². The number of aryl methyl sites for hydroxylation is 1. The van der Waals surface area contributed by atoms with E-state index >= 15 is 0 Å². The van der Waals surface area contributed by atoms with Crippen LogP contribution in [0.25, 0.3) is 0 Å². The minimum atomic E-state index is -0.917. The van der Waals surface area contributed by atoms with Crippen molar-refractivity contribution in [3.8, 4) is 0 Å². The number of alkyl carbamates (subject to hydrolysis) is 1. The number of hydrogen-bond donors (Lipinski definition) is 1. The van der Waals surface area contributed by atoms with Gasteiger partial charge >= 0.3 is 18.2 Å². The molecular formula is C33H57ClN2O7. The molecule has 0 aliphatic carbocycles. The zero-order chi connectivity index (χ0) is 30.5. The molecule has 1 heterocycles. The predicted octanol–water partition coefficient (Wildman–Crippen LogP) is 4.44. The highest BCUT2D eigenvalue weighted by Crippen LogP contribution is 2.13. The number of ether oxygens (including phenoxy) is 4. The van der Waals surface area contributed by atoms with E-state index in [1.165, 1.54) is 90.6 Å². The first-order valence-electron chi connectivity index (χ1n) is 16.3. The van der Waals surface area contributed by atoms with Crippen LogP contribution < -0.4 is 22.3 Å². The third-order valence-electron chi connectivity index (χ3n) is 7.14. The fourth-order valence-electron chi connectivity index (χ4n) is 4.63. The number of aromatic nitrogens is 1. The highest BCUT2D eigenvalue weighted by molar-refractivity contribution is 5.69. The number of unbranched alkanes of at least 4 members (excludes halogenated alkanes) is 15. The minimum Gasteiger partial charge on any atom is -1.00 e. The third kappa shape index (κ3) is 25.6. The summed E-state index contributed by atoms with van der Waals surface area (Å²) in [5, 5.41) is 2.57. The lowest BCUT2D eigenvalue weighted by Crippen LogP contribution is -3.00. The molecule has 0 aromatic carbocycles. The molecule has 0 aliphatic heterocycles. The number of esters is 1. The lowest BCUT2D eigenvalue weighted by Gasteiger charge is -2.17. The lowest BCUT2D eigenvalue weighted by molar-refractivity contribution is -0.697. The molecule has 0 bridgehead atoms. The smallest absolute Gasteiger partial charge is 0.508 e. The summed E-state index contributed by atoms with van der Waals surface area (Å²) in [5.41, 5.74) is 0. The summed E-state index contributed by atoms with van der Waals surface area (Å²) in [5.74, 6) is -0.406. The Labute approximate surface area is 266 Å². The van der Waals surface area contributed by atoms with E-state index < -0.39 is 24.3 Å². The number of nitrogens with one attached hydrogen (secondary N) is 1. The van der Waals surface area contributed by atoms with Gasteiger partial charge in [0.05, 0.1) is 26.7 Å². The normalized spacial score (nSPS) is 11.2. The van der Waals surface area contributed by atoms with Crippen molar-refractivity contribution in [1.82, 2.24) is 5.32 Å². The first-order chi connectivity index (χ1) is 20.5. The standard InChI is InChI=1S/C33H56N2O7.ClH/c1-3-4-5-6-7-8-9-10-11-12-13-14-15-16-17-21-27-40-32(37)34-28-30(42-33(38)39-2)29-41-31(36)23-22-26-35-24-19-18-20-25-35;/h18-20,24-25,30H,3-17,21-23,26-29H2,1-2H3;1H/t30-;/m0./s1. The highest BCUT2D eigenvalue weighted by Gasteiger charge is 2.19. The summed E-state index contributed by atoms with van der Waals surface area (Å²) in [6.07, 6.45) is 22.9. The maximum Gasteiger partial charge on any atom is 0.508 e. The second kappa shape index (κ2) is 29.5. The fourth-order valence-corrected chi connectivity index (χ4v) is 4.63. The van der Waals surface area contributed by atoms with Gasteiger partial charge in [-0.3, -0.25) is 4.79 Å². The number of pyridine rings is 1. The summed E-state index contributed by atoms with van der Waals surface area (Å²) in [4.78, 5) is 35.7. The van der Waals surface area contributed by atoms with E-state index in [4.69, 9.17) is 14.2 Å². The second-order valence-electron chi connectivity index (χ2n) is 10.9. The maximum atomic E-state index is 12.1. The Morgan fingerprint density at radius 1 is 0.721 bits per heavy atom. The third-order valence-corrected chi connectivity index (χ3v) is 7.14. The number of halogens is 1. The lowest BCUT2D eigenvalue weighted by atomic mass is 10.0. The molecule has 9 nitrogen and oxygen atoms in total. The molecule has 248 valence electrons. The van der Waals surface area contributed by atoms with Crippen molar-refractivity contribution in [1.29, 1.82) is 0 Å². The van der Waals surface area contributed by atoms with Crippen LogP contribution in [-0.4, -0.2) is 51.2 Å². The Hall–Kier alpha value is -2.55. The molecule has 0 saturated carbocycles. The van der Waals surface area contributed by atoms with Crippen LogP contribution in [0.15, 0.2) is 30.6 Å². The van der Waals surface area contributed by atoms with Gasteiger partial charge in [0, 0.05) is 18.6 Å². The summed E-state index contributed by atoms with van der Waals surface area (Å²) in [6, 6.07) is 5.77. The van der Waals surface area contributed by atoms with Crippen LogP contribution in [0.1, 0.15) is 122 Å². The molecule has 0 unspecified atom stereocenters. The van der Waals surface area contributed by atoms with Crippen molar-refractivity contribution >= 4 is 18.2 Å². The first-order valence-corrected chi connectivity index (χ1v) is 16.3. The molecule has 43 heavy (non-hydrogen) atoms. The molecule has 1 N–H and O–H groups in total. The fraction of sp³-hybridized carbons (Fsp3) is 0.758. The van der Waals surface area contributed by atoms with Gasteiger partial charge in [-0.05, 0) is 6.42 Å². The summed E-state index contributed by atoms with van der Waals surface area (Å²) >= 11 is 0. The summed E-state index contributed by atoms with van der Waals surface area (Å²) in [6.45, 7) is 3.04. The van der Waals surface area contributed by atoms with Crippen LogP contribution in [-0.2, 0) is 30.3 Å². The SMILES string of the molecule is CCCCCCCCCCCCCCCCCCOC(=O)NC[C@@H](COC(=O)CCC[n+]1ccccc1)OC(=O)OC.[Cl-]. The monoisotopic (exact) mass is 628 g/mol. The van der Waals surface area contributed by atoms with Gasteiger partial charge in [-0.15, -0.1) is 0 Å². The molecule has 1 atom stereocenters. The first kappa shape index (κ1) is 40.5. The molecule has 1 aromatic heterocycles. The number of carbonyl (C=O) groups excluding carboxylic acids is 3. The van der Waals surface area contributed by atoms with Crippen LogP contribution in [0, 0.1) is 0 Å². The largest absolute Gasteiger partial charge is 1.00 e. The van der Waals surface area contributed by atoms with E-state index in [1.807, 2.05) is 35.2 Å². The van der Waals surface area contributed by atoms with E-state index in [-0.39, 0.29) is 32.0 Å². The molecule has 0 spiro atoms. The number of nitrogens with zero attached hydrogens (tertiary/aromatic N) is 1. The molecular weight excluding hydrogens is 572 g/mol. The topological polar surface area (TPSA) is 104 Å². The van der Waals surface area contributed by atoms with Gasteiger partial charge in [0.1, 0.15) is 13.2 Å². The van der Waals surface area contributed by atoms with Gasteiger partial charge < -0.3 is 36.7 Å². The van der Waals surface area contributed by atoms with Gasteiger partial charge in [-0.1, -0.05) is 109 Å². The summed E-state index contributed by atoms with van der Waals surface area (Å²) in [7, 11) is 1.19. The summed E-state index contributed by atoms with van der Waals surface area (Å²) < 4.78 is 22.1. The minimum absolute atomic E-state index is 0. The van der Waals surface area contributed by atoms with Crippen molar-refractivity contribution in [3.05, 3.63) is 30.6 Å². The number of carbonyl (C=O) groups is 3. The zero-order valence-corrected chi connectivity index (χ0v) is 27.5. The Morgan fingerprint density at radius 2 is 1.26 bits per heavy atom. The van der Waals surface area contributed by atoms with Crippen LogP contribution >= 0.6 is 0 Å². The van der Waals surface area contributed by atoms with Crippen molar-refractivity contribution in [2.75, 3.05) is 26.9 Å². The van der Waals surface area contributed by atoms with Crippen molar-refractivity contribution in [2.45, 2.75) is 135 Å². The molecule has 0 fully saturated rings. The highest BCUT2D eigenvalue weighted by atomic mass is 35.5. The van der Waals surface area contributed by atoms with E-state index in [0.717, 1.165) is 19.3 Å². The van der Waals surface area contributed by atoms with Gasteiger partial charge in [0.25, 0.3) is 0 Å². The number of amides is 1. The van der Waals surface area contributed by atoms with E-state index in [0.29, 0.717) is 19.6 Å². The van der Waals surface area contributed by atoms with Gasteiger partial charge in [0.15, 0.2) is 18.5 Å². The molecule has 0 radical (unpaired) electrons. The quantitative estimate of drug-likeness (QED) is 0.0700.